The minimum atomic E-state index is 0.170. The summed E-state index contributed by atoms with van der Waals surface area (Å²) in [7, 11) is 1.66. The monoisotopic (exact) mass is 276 g/mol. The standard InChI is InChI=1S/C16H24N2O2/c1-16(2)14-8-17-7-12(14)10-18(16)9-11-6-13(20-3)4-5-15(11)19/h4-6,12,14,17,19H,7-10H2,1-3H3. The molecule has 20 heavy (non-hydrogen) atoms. The number of ether oxygens (including phenoxy) is 1. The summed E-state index contributed by atoms with van der Waals surface area (Å²) in [6, 6.07) is 5.46. The lowest BCUT2D eigenvalue weighted by molar-refractivity contribution is 0.131. The topological polar surface area (TPSA) is 44.7 Å². The Labute approximate surface area is 120 Å². The maximum atomic E-state index is 10.1. The van der Waals surface area contributed by atoms with E-state index in [0.29, 0.717) is 11.7 Å². The van der Waals surface area contributed by atoms with Crippen LogP contribution < -0.4 is 10.1 Å². The molecular weight excluding hydrogens is 252 g/mol. The fourth-order valence-electron chi connectivity index (χ4n) is 3.79. The third-order valence-electron chi connectivity index (χ3n) is 5.17. The largest absolute Gasteiger partial charge is 0.508 e. The molecule has 1 aromatic carbocycles. The van der Waals surface area contributed by atoms with Crippen molar-refractivity contribution >= 4 is 0 Å². The maximum absolute atomic E-state index is 10.1. The first kappa shape index (κ1) is 13.7. The van der Waals surface area contributed by atoms with E-state index in [1.54, 1.807) is 19.2 Å². The first-order valence-electron chi connectivity index (χ1n) is 7.34. The molecule has 4 nitrogen and oxygen atoms in total. The Morgan fingerprint density at radius 3 is 2.90 bits per heavy atom. The molecule has 0 radical (unpaired) electrons. The summed E-state index contributed by atoms with van der Waals surface area (Å²) >= 11 is 0. The lowest BCUT2D eigenvalue weighted by Crippen LogP contribution is -2.43. The van der Waals surface area contributed by atoms with Crippen molar-refractivity contribution in [3.05, 3.63) is 23.8 Å². The quantitative estimate of drug-likeness (QED) is 0.884. The number of hydrogen-bond acceptors (Lipinski definition) is 4. The molecule has 0 spiro atoms. The van der Waals surface area contributed by atoms with Crippen molar-refractivity contribution in [2.45, 2.75) is 25.9 Å². The van der Waals surface area contributed by atoms with Crippen LogP contribution in [0.5, 0.6) is 11.5 Å². The van der Waals surface area contributed by atoms with Crippen LogP contribution in [0.4, 0.5) is 0 Å². The molecular formula is C16H24N2O2. The number of benzene rings is 1. The number of phenols is 1. The van der Waals surface area contributed by atoms with Gasteiger partial charge in [-0.1, -0.05) is 0 Å². The summed E-state index contributed by atoms with van der Waals surface area (Å²) in [6.45, 7) is 8.75. The molecule has 2 aliphatic heterocycles. The zero-order valence-corrected chi connectivity index (χ0v) is 12.5. The van der Waals surface area contributed by atoms with Gasteiger partial charge in [-0.15, -0.1) is 0 Å². The minimum Gasteiger partial charge on any atom is -0.508 e. The highest BCUT2D eigenvalue weighted by molar-refractivity contribution is 5.39. The molecule has 2 heterocycles. The SMILES string of the molecule is COc1ccc(O)c(CN2CC3CNCC3C2(C)C)c1. The van der Waals surface area contributed by atoms with Gasteiger partial charge in [0.1, 0.15) is 11.5 Å². The number of aromatic hydroxyl groups is 1. The summed E-state index contributed by atoms with van der Waals surface area (Å²) in [6.07, 6.45) is 0. The van der Waals surface area contributed by atoms with Gasteiger partial charge in [-0.2, -0.15) is 0 Å². The van der Waals surface area contributed by atoms with E-state index >= 15 is 0 Å². The smallest absolute Gasteiger partial charge is 0.120 e. The van der Waals surface area contributed by atoms with Gasteiger partial charge in [0.2, 0.25) is 0 Å². The average Bonchev–Trinajstić information content (AvgIpc) is 2.96. The summed E-state index contributed by atoms with van der Waals surface area (Å²) in [5, 5.41) is 13.6. The first-order valence-corrected chi connectivity index (χ1v) is 7.34. The third-order valence-corrected chi connectivity index (χ3v) is 5.17. The second-order valence-electron chi connectivity index (χ2n) is 6.55. The maximum Gasteiger partial charge on any atom is 0.120 e. The molecule has 110 valence electrons. The number of phenolic OH excluding ortho intramolecular Hbond substituents is 1. The molecule has 3 rings (SSSR count). The molecule has 0 saturated carbocycles. The summed E-state index contributed by atoms with van der Waals surface area (Å²) in [5.74, 6) is 2.60. The Kier molecular flexibility index (Phi) is 3.38. The molecule has 2 N–H and O–H groups in total. The summed E-state index contributed by atoms with van der Waals surface area (Å²) in [5.41, 5.74) is 1.12. The van der Waals surface area contributed by atoms with E-state index in [1.165, 1.54) is 0 Å². The fraction of sp³-hybridized carbons (Fsp3) is 0.625. The Hall–Kier alpha value is -1.26. The number of rotatable bonds is 3. The van der Waals surface area contributed by atoms with Crippen LogP contribution in [0.15, 0.2) is 18.2 Å². The highest BCUT2D eigenvalue weighted by atomic mass is 16.5. The van der Waals surface area contributed by atoms with Gasteiger partial charge in [0.25, 0.3) is 0 Å². The Morgan fingerprint density at radius 2 is 2.20 bits per heavy atom. The van der Waals surface area contributed by atoms with E-state index in [0.717, 1.165) is 43.4 Å². The molecule has 2 atom stereocenters. The molecule has 2 aliphatic rings. The molecule has 0 aromatic heterocycles. The Morgan fingerprint density at radius 1 is 1.40 bits per heavy atom. The van der Waals surface area contributed by atoms with E-state index in [4.69, 9.17) is 4.74 Å². The van der Waals surface area contributed by atoms with Crippen molar-refractivity contribution in [2.24, 2.45) is 11.8 Å². The summed E-state index contributed by atoms with van der Waals surface area (Å²) in [4.78, 5) is 2.50. The molecule has 0 amide bonds. The molecule has 4 heteroatoms. The number of nitrogens with one attached hydrogen (secondary N) is 1. The van der Waals surface area contributed by atoms with E-state index in [1.807, 2.05) is 6.07 Å². The Balaban J connectivity index is 1.81. The zero-order chi connectivity index (χ0) is 14.3. The van der Waals surface area contributed by atoms with Gasteiger partial charge < -0.3 is 15.2 Å². The fourth-order valence-corrected chi connectivity index (χ4v) is 3.79. The van der Waals surface area contributed by atoms with Crippen LogP contribution in [0.1, 0.15) is 19.4 Å². The van der Waals surface area contributed by atoms with Crippen LogP contribution in [0.2, 0.25) is 0 Å². The van der Waals surface area contributed by atoms with Gasteiger partial charge >= 0.3 is 0 Å². The van der Waals surface area contributed by atoms with Crippen LogP contribution in [0, 0.1) is 11.8 Å². The van der Waals surface area contributed by atoms with Gasteiger partial charge in [0.15, 0.2) is 0 Å². The van der Waals surface area contributed by atoms with Crippen molar-refractivity contribution in [3.8, 4) is 11.5 Å². The third kappa shape index (κ3) is 2.17. The first-order chi connectivity index (χ1) is 9.52. The van der Waals surface area contributed by atoms with Gasteiger partial charge in [-0.05, 0) is 50.4 Å². The second-order valence-corrected chi connectivity index (χ2v) is 6.55. The molecule has 0 bridgehead atoms. The van der Waals surface area contributed by atoms with Crippen molar-refractivity contribution in [3.63, 3.8) is 0 Å². The number of hydrogen-bond donors (Lipinski definition) is 2. The summed E-state index contributed by atoms with van der Waals surface area (Å²) < 4.78 is 5.26. The van der Waals surface area contributed by atoms with E-state index in [-0.39, 0.29) is 5.54 Å². The van der Waals surface area contributed by atoms with Gasteiger partial charge in [0, 0.05) is 30.7 Å². The van der Waals surface area contributed by atoms with Gasteiger partial charge in [-0.25, -0.2) is 0 Å². The predicted octanol–water partition coefficient (Wildman–Crippen LogP) is 1.83. The van der Waals surface area contributed by atoms with Crippen LogP contribution >= 0.6 is 0 Å². The van der Waals surface area contributed by atoms with Crippen LogP contribution in [-0.4, -0.2) is 42.3 Å². The van der Waals surface area contributed by atoms with Crippen molar-refractivity contribution in [1.82, 2.24) is 10.2 Å². The lowest BCUT2D eigenvalue weighted by atomic mass is 9.85. The second kappa shape index (κ2) is 4.93. The molecule has 2 fully saturated rings. The highest BCUT2D eigenvalue weighted by Gasteiger charge is 2.49. The van der Waals surface area contributed by atoms with E-state index in [9.17, 15) is 5.11 Å². The molecule has 2 saturated heterocycles. The van der Waals surface area contributed by atoms with E-state index < -0.39 is 0 Å². The molecule has 0 aliphatic carbocycles. The van der Waals surface area contributed by atoms with Gasteiger partial charge in [0.05, 0.1) is 7.11 Å². The molecule has 1 aromatic rings. The molecule has 2 unspecified atom stereocenters. The van der Waals surface area contributed by atoms with Crippen molar-refractivity contribution in [1.29, 1.82) is 0 Å². The number of nitrogens with zero attached hydrogens (tertiary/aromatic N) is 1. The van der Waals surface area contributed by atoms with Gasteiger partial charge in [-0.3, -0.25) is 4.90 Å². The Bertz CT molecular complexity index is 501. The highest BCUT2D eigenvalue weighted by Crippen LogP contribution is 2.42. The number of fused-ring (bicyclic) bond motifs is 1. The minimum absolute atomic E-state index is 0.170. The lowest BCUT2D eigenvalue weighted by Gasteiger charge is -2.35. The van der Waals surface area contributed by atoms with Crippen LogP contribution in [-0.2, 0) is 6.54 Å². The van der Waals surface area contributed by atoms with Crippen molar-refractivity contribution < 1.29 is 9.84 Å². The number of methoxy groups -OCH3 is 1. The zero-order valence-electron chi connectivity index (χ0n) is 12.5. The average molecular weight is 276 g/mol. The van der Waals surface area contributed by atoms with E-state index in [2.05, 4.69) is 24.1 Å². The van der Waals surface area contributed by atoms with Crippen molar-refractivity contribution in [2.75, 3.05) is 26.7 Å². The normalized spacial score (nSPS) is 28.6. The van der Waals surface area contributed by atoms with Crippen LogP contribution in [0.3, 0.4) is 0 Å². The van der Waals surface area contributed by atoms with Crippen LogP contribution in [0.25, 0.3) is 0 Å². The predicted molar refractivity (Wildman–Crippen MR) is 79.0 cm³/mol. The number of likely N-dealkylation sites (tertiary alicyclic amines) is 1.